The maximum atomic E-state index is 12.4. The highest BCUT2D eigenvalue weighted by Crippen LogP contribution is 2.32. The second-order valence-electron chi connectivity index (χ2n) is 3.88. The molecule has 100 valence electrons. The van der Waals surface area contributed by atoms with Gasteiger partial charge in [-0.1, -0.05) is 11.6 Å². The highest BCUT2D eigenvalue weighted by molar-refractivity contribution is 8.01. The summed E-state index contributed by atoms with van der Waals surface area (Å²) >= 11 is 7.59. The number of sulfonamides is 1. The molecule has 1 fully saturated rings. The minimum atomic E-state index is -3.46. The van der Waals surface area contributed by atoms with Crippen LogP contribution in [0.15, 0.2) is 23.1 Å². The van der Waals surface area contributed by atoms with Crippen molar-refractivity contribution in [3.8, 4) is 5.75 Å². The smallest absolute Gasteiger partial charge is 0.244 e. The molecule has 0 aromatic heterocycles. The van der Waals surface area contributed by atoms with Gasteiger partial charge >= 0.3 is 0 Å². The lowest BCUT2D eigenvalue weighted by Crippen LogP contribution is -2.33. The molecule has 18 heavy (non-hydrogen) atoms. The van der Waals surface area contributed by atoms with Crippen LogP contribution in [0.4, 0.5) is 0 Å². The molecule has 7 heteroatoms. The van der Waals surface area contributed by atoms with Gasteiger partial charge in [0.25, 0.3) is 0 Å². The van der Waals surface area contributed by atoms with E-state index in [1.807, 2.05) is 6.92 Å². The van der Waals surface area contributed by atoms with Crippen LogP contribution in [0.3, 0.4) is 0 Å². The Bertz CT molecular complexity index is 547. The maximum Gasteiger partial charge on any atom is 0.244 e. The topological polar surface area (TPSA) is 46.6 Å². The molecule has 1 heterocycles. The first kappa shape index (κ1) is 14.0. The van der Waals surface area contributed by atoms with Gasteiger partial charge in [0, 0.05) is 12.3 Å². The largest absolute Gasteiger partial charge is 0.495 e. The molecule has 1 atom stereocenters. The van der Waals surface area contributed by atoms with Crippen LogP contribution in [0.25, 0.3) is 0 Å². The first-order valence-corrected chi connectivity index (χ1v) is 8.30. The first-order chi connectivity index (χ1) is 8.46. The van der Waals surface area contributed by atoms with Gasteiger partial charge in [0.2, 0.25) is 10.0 Å². The zero-order chi connectivity index (χ0) is 13.3. The van der Waals surface area contributed by atoms with Gasteiger partial charge < -0.3 is 4.74 Å². The Labute approximate surface area is 116 Å². The van der Waals surface area contributed by atoms with Crippen LogP contribution < -0.4 is 4.74 Å². The number of hydrogen-bond donors (Lipinski definition) is 0. The summed E-state index contributed by atoms with van der Waals surface area (Å²) in [5, 5.41) is 0.272. The van der Waals surface area contributed by atoms with E-state index in [2.05, 4.69) is 0 Å². The molecule has 1 unspecified atom stereocenters. The van der Waals surface area contributed by atoms with E-state index >= 15 is 0 Å². The Hall–Kier alpha value is -0.430. The number of ether oxygens (including phenoxy) is 1. The number of methoxy groups -OCH3 is 1. The Morgan fingerprint density at radius 3 is 2.72 bits per heavy atom. The Kier molecular flexibility index (Phi) is 4.11. The van der Waals surface area contributed by atoms with Crippen molar-refractivity contribution in [2.75, 3.05) is 19.4 Å². The minimum Gasteiger partial charge on any atom is -0.495 e. The number of hydrogen-bond acceptors (Lipinski definition) is 4. The monoisotopic (exact) mass is 307 g/mol. The second-order valence-corrected chi connectivity index (χ2v) is 7.60. The van der Waals surface area contributed by atoms with Crippen molar-refractivity contribution in [2.24, 2.45) is 0 Å². The molecular formula is C11H14ClNO3S2. The van der Waals surface area contributed by atoms with Crippen molar-refractivity contribution in [1.29, 1.82) is 0 Å². The van der Waals surface area contributed by atoms with Crippen molar-refractivity contribution in [3.63, 3.8) is 0 Å². The normalized spacial score (nSPS) is 21.2. The predicted octanol–water partition coefficient (Wildman–Crippen LogP) is 2.43. The number of benzene rings is 1. The fourth-order valence-corrected chi connectivity index (χ4v) is 5.21. The molecule has 1 aromatic carbocycles. The molecule has 0 amide bonds. The summed E-state index contributed by atoms with van der Waals surface area (Å²) in [6.07, 6.45) is 0. The van der Waals surface area contributed by atoms with Crippen molar-refractivity contribution in [1.82, 2.24) is 4.31 Å². The molecule has 0 aliphatic carbocycles. The van der Waals surface area contributed by atoms with Gasteiger partial charge in [-0.15, -0.1) is 11.8 Å². The molecule has 0 bridgehead atoms. The van der Waals surface area contributed by atoms with E-state index < -0.39 is 10.0 Å². The molecule has 0 saturated carbocycles. The molecule has 0 spiro atoms. The Balaban J connectivity index is 2.38. The van der Waals surface area contributed by atoms with E-state index in [0.717, 1.165) is 5.75 Å². The number of halogens is 1. The molecule has 1 saturated heterocycles. The summed E-state index contributed by atoms with van der Waals surface area (Å²) in [6, 6.07) is 4.53. The van der Waals surface area contributed by atoms with Gasteiger partial charge in [-0.05, 0) is 25.1 Å². The molecule has 1 aromatic rings. The van der Waals surface area contributed by atoms with Crippen LogP contribution >= 0.6 is 23.4 Å². The van der Waals surface area contributed by atoms with Gasteiger partial charge in [-0.2, -0.15) is 4.31 Å². The fraction of sp³-hybridized carbons (Fsp3) is 0.455. The average Bonchev–Trinajstić information content (AvgIpc) is 2.76. The summed E-state index contributed by atoms with van der Waals surface area (Å²) in [7, 11) is -1.97. The third kappa shape index (κ3) is 2.47. The standard InChI is InChI=1S/C11H14ClNO3S2/c1-8-13(5-6-17-8)18(14,15)9-3-4-11(16-2)10(12)7-9/h3-4,7-8H,5-6H2,1-2H3. The second kappa shape index (κ2) is 5.28. The molecule has 1 aliphatic heterocycles. The average molecular weight is 308 g/mol. The van der Waals surface area contributed by atoms with Crippen molar-refractivity contribution < 1.29 is 13.2 Å². The van der Waals surface area contributed by atoms with Gasteiger partial charge in [0.05, 0.1) is 22.4 Å². The highest BCUT2D eigenvalue weighted by atomic mass is 35.5. The first-order valence-electron chi connectivity index (χ1n) is 5.44. The zero-order valence-corrected chi connectivity index (χ0v) is 12.5. The summed E-state index contributed by atoms with van der Waals surface area (Å²) < 4.78 is 31.3. The van der Waals surface area contributed by atoms with Crippen LogP contribution in [0.1, 0.15) is 6.92 Å². The SMILES string of the molecule is COc1ccc(S(=O)(=O)N2CCSC2C)cc1Cl. The lowest BCUT2D eigenvalue weighted by molar-refractivity contribution is 0.414. The Morgan fingerprint density at radius 2 is 2.22 bits per heavy atom. The molecule has 0 radical (unpaired) electrons. The van der Waals surface area contributed by atoms with E-state index in [1.54, 1.807) is 17.8 Å². The van der Waals surface area contributed by atoms with Crippen LogP contribution in [-0.2, 0) is 10.0 Å². The predicted molar refractivity (Wildman–Crippen MR) is 73.8 cm³/mol. The van der Waals surface area contributed by atoms with E-state index in [1.165, 1.54) is 23.5 Å². The molecule has 1 aliphatic rings. The van der Waals surface area contributed by atoms with Gasteiger partial charge in [-0.25, -0.2) is 8.42 Å². The van der Waals surface area contributed by atoms with Gasteiger partial charge in [0.15, 0.2) is 0 Å². The number of nitrogens with zero attached hydrogens (tertiary/aromatic N) is 1. The van der Waals surface area contributed by atoms with Crippen molar-refractivity contribution >= 4 is 33.4 Å². The van der Waals surface area contributed by atoms with E-state index in [9.17, 15) is 8.42 Å². The van der Waals surface area contributed by atoms with Crippen LogP contribution in [0.2, 0.25) is 5.02 Å². The summed E-state index contributed by atoms with van der Waals surface area (Å²) in [5.74, 6) is 1.30. The summed E-state index contributed by atoms with van der Waals surface area (Å²) in [4.78, 5) is 0.211. The van der Waals surface area contributed by atoms with Crippen molar-refractivity contribution in [2.45, 2.75) is 17.2 Å². The third-order valence-corrected chi connectivity index (χ3v) is 6.36. The number of rotatable bonds is 3. The van der Waals surface area contributed by atoms with E-state index in [0.29, 0.717) is 17.3 Å². The molecular weight excluding hydrogens is 294 g/mol. The minimum absolute atomic E-state index is 0.0316. The highest BCUT2D eigenvalue weighted by Gasteiger charge is 2.33. The van der Waals surface area contributed by atoms with E-state index in [4.69, 9.17) is 16.3 Å². The lowest BCUT2D eigenvalue weighted by atomic mass is 10.3. The zero-order valence-electron chi connectivity index (χ0n) is 10.1. The summed E-state index contributed by atoms with van der Waals surface area (Å²) in [6.45, 7) is 2.43. The fourth-order valence-electron chi connectivity index (χ4n) is 1.84. The Morgan fingerprint density at radius 1 is 1.50 bits per heavy atom. The quantitative estimate of drug-likeness (QED) is 0.860. The maximum absolute atomic E-state index is 12.4. The van der Waals surface area contributed by atoms with Gasteiger partial charge in [0.1, 0.15) is 5.75 Å². The molecule has 0 N–H and O–H groups in total. The summed E-state index contributed by atoms with van der Waals surface area (Å²) in [5.41, 5.74) is 0. The van der Waals surface area contributed by atoms with Crippen LogP contribution in [0, 0.1) is 0 Å². The molecule has 2 rings (SSSR count). The molecule has 4 nitrogen and oxygen atoms in total. The van der Waals surface area contributed by atoms with E-state index in [-0.39, 0.29) is 10.3 Å². The van der Waals surface area contributed by atoms with Gasteiger partial charge in [-0.3, -0.25) is 0 Å². The third-order valence-electron chi connectivity index (χ3n) is 2.81. The van der Waals surface area contributed by atoms with Crippen LogP contribution in [0.5, 0.6) is 5.75 Å². The lowest BCUT2D eigenvalue weighted by Gasteiger charge is -2.20. The van der Waals surface area contributed by atoms with Crippen LogP contribution in [-0.4, -0.2) is 37.5 Å². The van der Waals surface area contributed by atoms with Crippen molar-refractivity contribution in [3.05, 3.63) is 23.2 Å². The number of thioether (sulfide) groups is 1.